The molecule has 1 amide bonds. The molecule has 0 aliphatic heterocycles. The van der Waals surface area contributed by atoms with E-state index in [0.29, 0.717) is 0 Å². The molecule has 1 heterocycles. The normalized spacial score (nSPS) is 11.2. The highest BCUT2D eigenvalue weighted by atomic mass is 32.2. The van der Waals surface area contributed by atoms with Crippen LogP contribution in [0.1, 0.15) is 10.4 Å². The van der Waals surface area contributed by atoms with E-state index in [9.17, 15) is 23.4 Å². The number of aromatic amines is 1. The van der Waals surface area contributed by atoms with Crippen LogP contribution < -0.4 is 5.32 Å². The number of carbonyl (C=O) groups excluding carboxylic acids is 1. The van der Waals surface area contributed by atoms with E-state index in [1.165, 1.54) is 0 Å². The lowest BCUT2D eigenvalue weighted by Gasteiger charge is -2.09. The van der Waals surface area contributed by atoms with Gasteiger partial charge in [0.2, 0.25) is 5.95 Å². The van der Waals surface area contributed by atoms with Crippen molar-refractivity contribution in [1.82, 2.24) is 20.6 Å². The third kappa shape index (κ3) is 2.51. The summed E-state index contributed by atoms with van der Waals surface area (Å²) in [5, 5.41) is 33.7. The molecule has 0 radical (unpaired) electrons. The first-order valence-electron chi connectivity index (χ1n) is 5.10. The van der Waals surface area contributed by atoms with Crippen LogP contribution in [0.2, 0.25) is 0 Å². The number of hydrogen-bond donors (Lipinski definition) is 4. The zero-order chi connectivity index (χ0) is 14.9. The Morgan fingerprint density at radius 1 is 1.35 bits per heavy atom. The van der Waals surface area contributed by atoms with E-state index < -0.39 is 32.1 Å². The molecule has 4 N–H and O–H groups in total. The topological polar surface area (TPSA) is 158 Å². The first-order valence-corrected chi connectivity index (χ1v) is 7.00. The van der Waals surface area contributed by atoms with Gasteiger partial charge in [-0.15, -0.1) is 0 Å². The fourth-order valence-electron chi connectivity index (χ4n) is 1.50. The number of phenolic OH excluding ortho intramolecular Hbond substituents is 2. The molecule has 0 aliphatic rings. The number of aromatic nitrogens is 4. The van der Waals surface area contributed by atoms with Crippen LogP contribution in [0.3, 0.4) is 0 Å². The van der Waals surface area contributed by atoms with Gasteiger partial charge in [-0.25, -0.2) is 13.5 Å². The minimum absolute atomic E-state index is 0.0802. The van der Waals surface area contributed by atoms with Crippen LogP contribution in [0.25, 0.3) is 0 Å². The Hall–Kier alpha value is -2.69. The van der Waals surface area contributed by atoms with E-state index in [-0.39, 0.29) is 11.5 Å². The molecule has 0 spiro atoms. The molecule has 0 saturated heterocycles. The molecular weight excluding hydrogens is 290 g/mol. The van der Waals surface area contributed by atoms with Crippen molar-refractivity contribution in [3.8, 4) is 11.5 Å². The number of tetrazole rings is 1. The van der Waals surface area contributed by atoms with Gasteiger partial charge in [0.25, 0.3) is 5.91 Å². The average Bonchev–Trinajstić information content (AvgIpc) is 2.79. The highest BCUT2D eigenvalue weighted by molar-refractivity contribution is 7.91. The van der Waals surface area contributed by atoms with Crippen molar-refractivity contribution in [2.75, 3.05) is 11.6 Å². The number of amides is 1. The number of sulfone groups is 1. The Labute approximate surface area is 112 Å². The molecule has 1 aromatic heterocycles. The fraction of sp³-hybridized carbons (Fsp3) is 0.111. The molecule has 106 valence electrons. The molecule has 0 bridgehead atoms. The smallest absolute Gasteiger partial charge is 0.261 e. The van der Waals surface area contributed by atoms with Gasteiger partial charge < -0.3 is 10.2 Å². The zero-order valence-electron chi connectivity index (χ0n) is 10.0. The SMILES string of the molecule is CS(=O)(=O)c1c(O)ccc(C(=O)Nc2nnn[nH]2)c1O. The van der Waals surface area contributed by atoms with Gasteiger partial charge in [-0.05, 0) is 22.6 Å². The molecule has 2 aromatic rings. The third-order valence-electron chi connectivity index (χ3n) is 2.30. The number of nitrogens with zero attached hydrogens (tertiary/aromatic N) is 3. The van der Waals surface area contributed by atoms with Gasteiger partial charge >= 0.3 is 0 Å². The Bertz CT molecular complexity index is 755. The largest absolute Gasteiger partial charge is 0.506 e. The van der Waals surface area contributed by atoms with Gasteiger partial charge in [-0.1, -0.05) is 5.10 Å². The van der Waals surface area contributed by atoms with Crippen LogP contribution >= 0.6 is 0 Å². The number of anilines is 1. The van der Waals surface area contributed by atoms with Crippen molar-refractivity contribution in [3.63, 3.8) is 0 Å². The second-order valence-electron chi connectivity index (χ2n) is 3.79. The number of H-pyrrole nitrogens is 1. The lowest BCUT2D eigenvalue weighted by Crippen LogP contribution is -2.14. The maximum absolute atomic E-state index is 11.9. The summed E-state index contributed by atoms with van der Waals surface area (Å²) in [5.41, 5.74) is -0.348. The maximum Gasteiger partial charge on any atom is 0.261 e. The molecule has 10 nitrogen and oxygen atoms in total. The maximum atomic E-state index is 11.9. The van der Waals surface area contributed by atoms with Crippen LogP contribution in [0.4, 0.5) is 5.95 Å². The molecule has 20 heavy (non-hydrogen) atoms. The Morgan fingerprint density at radius 2 is 2.05 bits per heavy atom. The molecular formula is C9H9N5O5S. The first kappa shape index (κ1) is 13.7. The van der Waals surface area contributed by atoms with E-state index >= 15 is 0 Å². The second kappa shape index (κ2) is 4.77. The summed E-state index contributed by atoms with van der Waals surface area (Å²) in [6.45, 7) is 0. The van der Waals surface area contributed by atoms with Crippen LogP contribution in [-0.4, -0.2) is 51.4 Å². The van der Waals surface area contributed by atoms with E-state index in [1.807, 2.05) is 0 Å². The van der Waals surface area contributed by atoms with Crippen molar-refractivity contribution in [2.45, 2.75) is 4.90 Å². The standard InChI is InChI=1S/C9H9N5O5S/c1-20(18,19)7-5(15)3-2-4(6(7)16)8(17)10-9-11-13-14-12-9/h2-3,15-16H,1H3,(H2,10,11,12,13,14,17). The van der Waals surface area contributed by atoms with Crippen LogP contribution in [0.15, 0.2) is 17.0 Å². The summed E-state index contributed by atoms with van der Waals surface area (Å²) in [6, 6.07) is 2.06. The van der Waals surface area contributed by atoms with Crippen molar-refractivity contribution in [1.29, 1.82) is 0 Å². The Balaban J connectivity index is 2.46. The minimum Gasteiger partial charge on any atom is -0.506 e. The quantitative estimate of drug-likeness (QED) is 0.577. The Kier molecular flexibility index (Phi) is 3.28. The fourth-order valence-corrected chi connectivity index (χ4v) is 2.41. The number of nitrogens with one attached hydrogen (secondary N) is 2. The average molecular weight is 299 g/mol. The monoisotopic (exact) mass is 299 g/mol. The zero-order valence-corrected chi connectivity index (χ0v) is 10.8. The number of phenols is 2. The number of benzene rings is 1. The van der Waals surface area contributed by atoms with Crippen LogP contribution in [0, 0.1) is 0 Å². The summed E-state index contributed by atoms with van der Waals surface area (Å²) in [6.07, 6.45) is 0.795. The van der Waals surface area contributed by atoms with E-state index in [0.717, 1.165) is 18.4 Å². The van der Waals surface area contributed by atoms with Gasteiger partial charge in [0, 0.05) is 6.26 Å². The molecule has 0 fully saturated rings. The van der Waals surface area contributed by atoms with Gasteiger partial charge in [-0.3, -0.25) is 10.1 Å². The predicted octanol–water partition coefficient (Wildman–Crippen LogP) is -0.733. The predicted molar refractivity (Wildman–Crippen MR) is 65.0 cm³/mol. The summed E-state index contributed by atoms with van der Waals surface area (Å²) in [7, 11) is -3.91. The Morgan fingerprint density at radius 3 is 2.60 bits per heavy atom. The second-order valence-corrected chi connectivity index (χ2v) is 5.74. The van der Waals surface area contributed by atoms with Crippen molar-refractivity contribution < 1.29 is 23.4 Å². The van der Waals surface area contributed by atoms with Crippen LogP contribution in [0.5, 0.6) is 11.5 Å². The van der Waals surface area contributed by atoms with Crippen molar-refractivity contribution in [3.05, 3.63) is 17.7 Å². The van der Waals surface area contributed by atoms with Gasteiger partial charge in [0.15, 0.2) is 20.5 Å². The summed E-state index contributed by atoms with van der Waals surface area (Å²) in [5.74, 6) is -2.42. The molecule has 0 atom stereocenters. The third-order valence-corrected chi connectivity index (χ3v) is 3.45. The van der Waals surface area contributed by atoms with Crippen LogP contribution in [-0.2, 0) is 9.84 Å². The lowest BCUT2D eigenvalue weighted by atomic mass is 10.2. The van der Waals surface area contributed by atoms with E-state index in [1.54, 1.807) is 0 Å². The van der Waals surface area contributed by atoms with Crippen molar-refractivity contribution in [2.24, 2.45) is 0 Å². The van der Waals surface area contributed by atoms with Gasteiger partial charge in [0.05, 0.1) is 5.56 Å². The lowest BCUT2D eigenvalue weighted by molar-refractivity contribution is 0.102. The summed E-state index contributed by atoms with van der Waals surface area (Å²) < 4.78 is 23.0. The molecule has 0 saturated carbocycles. The first-order chi connectivity index (χ1) is 9.30. The molecule has 1 aromatic carbocycles. The van der Waals surface area contributed by atoms with Gasteiger partial charge in [0.1, 0.15) is 5.75 Å². The number of aromatic hydroxyl groups is 2. The minimum atomic E-state index is -3.91. The van der Waals surface area contributed by atoms with E-state index in [2.05, 4.69) is 25.9 Å². The summed E-state index contributed by atoms with van der Waals surface area (Å²) >= 11 is 0. The molecule has 2 rings (SSSR count). The van der Waals surface area contributed by atoms with Crippen molar-refractivity contribution >= 4 is 21.7 Å². The molecule has 11 heteroatoms. The highest BCUT2D eigenvalue weighted by Crippen LogP contribution is 2.34. The number of rotatable bonds is 3. The molecule has 0 unspecified atom stereocenters. The number of carbonyl (C=O) groups is 1. The molecule has 0 aliphatic carbocycles. The summed E-state index contributed by atoms with van der Waals surface area (Å²) in [4.78, 5) is 11.1. The van der Waals surface area contributed by atoms with E-state index in [4.69, 9.17) is 0 Å². The highest BCUT2D eigenvalue weighted by Gasteiger charge is 2.24. The number of hydrogen-bond acceptors (Lipinski definition) is 8. The van der Waals surface area contributed by atoms with Gasteiger partial charge in [-0.2, -0.15) is 0 Å².